The lowest BCUT2D eigenvalue weighted by Crippen LogP contribution is -2.81. The molecule has 358 valence electrons. The molecule has 2 fully saturated rings. The number of para-hydroxylation sites is 1. The van der Waals surface area contributed by atoms with Gasteiger partial charge in [0.05, 0.1) is 47.5 Å². The Balaban J connectivity index is 1.39. The number of ether oxygens (including phenoxy) is 6. The first-order valence-electron chi connectivity index (χ1n) is 23.2. The molecule has 0 amide bonds. The van der Waals surface area contributed by atoms with E-state index in [1.54, 1.807) is 7.11 Å². The van der Waals surface area contributed by atoms with Crippen molar-refractivity contribution >= 4 is 46.4 Å². The van der Waals surface area contributed by atoms with Crippen molar-refractivity contribution in [2.24, 2.45) is 17.3 Å². The second-order valence-corrected chi connectivity index (χ2v) is 19.2. The minimum absolute atomic E-state index is 0.00896. The topological polar surface area (TPSA) is 186 Å². The average molecular weight is 923 g/mol. The molecule has 6 heterocycles. The molecule has 1 unspecified atom stereocenters. The number of esters is 5. The number of methoxy groups -OCH3 is 5. The van der Waals surface area contributed by atoms with Gasteiger partial charge in [0.15, 0.2) is 6.10 Å². The third kappa shape index (κ3) is 6.30. The summed E-state index contributed by atoms with van der Waals surface area (Å²) in [6.45, 7) is 7.18. The third-order valence-corrected chi connectivity index (χ3v) is 16.5. The highest BCUT2D eigenvalue weighted by Crippen LogP contribution is 2.68. The molecule has 16 heteroatoms. The number of hydrogen-bond donors (Lipinski definition) is 2. The van der Waals surface area contributed by atoms with Gasteiger partial charge in [0, 0.05) is 84.4 Å². The van der Waals surface area contributed by atoms with E-state index >= 15 is 4.79 Å². The van der Waals surface area contributed by atoms with E-state index in [0.29, 0.717) is 79.2 Å². The SMILES string of the molecule is CCC1=C[C@@H]2CN(C1)[C@H](C(=O)OC)[C@H](C(=O)OC)Cc1c([nH]c3ccccc13)[C@@](C(=O)OC)(c1cc3c(cc1OC)N(C)[C@H]1[C@@](O)(C(=O)OC)[C@H](OC(C)=O)[C@]4(CC)C=CCN5CC[C@]31[C@@H]54)C2. The summed E-state index contributed by atoms with van der Waals surface area (Å²) in [5, 5.41) is 14.2. The van der Waals surface area contributed by atoms with Crippen LogP contribution in [-0.2, 0) is 64.9 Å². The molecule has 6 aliphatic rings. The lowest BCUT2D eigenvalue weighted by molar-refractivity contribution is -0.228. The standard InChI is InChI=1S/C51H62N4O12/c1-10-29-21-30-25-50(46(59)65-8,40-32(31-15-12-13-16-36(31)52-40)22-33(41(57)63-6)39(42(58)64-7)55(26-29)27-30)35-23-34-37(24-38(35)62-5)53(4)44-49(34)18-20-54-19-14-17-48(11-2,43(49)54)45(67-28(3)56)51(44,61)47(60)66-9/h12-17,21,23-24,30,33,39,43-45,52,61H,10-11,18-20,22,25-27H2,1-9H3/t30-,33+,39-,43-,44+,45+,48+,49+,50-,51-/m0/s1. The maximum absolute atomic E-state index is 15.7. The van der Waals surface area contributed by atoms with Gasteiger partial charge in [-0.15, -0.1) is 0 Å². The van der Waals surface area contributed by atoms with E-state index < -0.39 is 75.8 Å². The fourth-order valence-electron chi connectivity index (χ4n) is 14.1. The van der Waals surface area contributed by atoms with Crippen molar-refractivity contribution in [2.45, 2.75) is 93.5 Å². The molecule has 1 saturated heterocycles. The molecular formula is C51H62N4O12. The minimum Gasteiger partial charge on any atom is -0.496 e. The van der Waals surface area contributed by atoms with Crippen LogP contribution in [0.15, 0.2) is 60.2 Å². The number of carbonyl (C=O) groups excluding carboxylic acids is 5. The second kappa shape index (κ2) is 16.8. The van der Waals surface area contributed by atoms with Crippen LogP contribution in [0.1, 0.15) is 68.8 Å². The molecule has 5 aliphatic heterocycles. The first-order valence-corrected chi connectivity index (χ1v) is 23.2. The number of aliphatic hydroxyl groups is 1. The largest absolute Gasteiger partial charge is 0.496 e. The Labute approximate surface area is 390 Å². The van der Waals surface area contributed by atoms with Crippen LogP contribution in [0, 0.1) is 17.3 Å². The number of carbonyl (C=O) groups is 5. The molecule has 2 aromatic carbocycles. The number of aromatic nitrogens is 1. The molecule has 9 rings (SSSR count). The smallest absolute Gasteiger partial charge is 0.344 e. The van der Waals surface area contributed by atoms with Crippen LogP contribution in [-0.4, -0.2) is 148 Å². The van der Waals surface area contributed by atoms with Crippen LogP contribution in [0.5, 0.6) is 5.75 Å². The number of anilines is 1. The number of nitrogens with one attached hydrogen (secondary N) is 1. The van der Waals surface area contributed by atoms with Gasteiger partial charge in [0.25, 0.3) is 0 Å². The maximum atomic E-state index is 15.7. The second-order valence-electron chi connectivity index (χ2n) is 19.2. The zero-order valence-electron chi connectivity index (χ0n) is 39.8. The number of nitrogens with zero attached hydrogens (tertiary/aromatic N) is 3. The van der Waals surface area contributed by atoms with Crippen molar-refractivity contribution in [1.82, 2.24) is 14.8 Å². The molecule has 1 aliphatic carbocycles. The summed E-state index contributed by atoms with van der Waals surface area (Å²) in [4.78, 5) is 81.5. The first kappa shape index (κ1) is 46.4. The summed E-state index contributed by atoms with van der Waals surface area (Å²) in [5.41, 5.74) is -1.37. The van der Waals surface area contributed by atoms with Gasteiger partial charge in [-0.3, -0.25) is 29.0 Å². The van der Waals surface area contributed by atoms with E-state index in [0.717, 1.165) is 16.5 Å². The van der Waals surface area contributed by atoms with Crippen molar-refractivity contribution in [3.05, 3.63) is 82.6 Å². The number of H-pyrrole nitrogens is 1. The predicted molar refractivity (Wildman–Crippen MR) is 245 cm³/mol. The molecule has 2 bridgehead atoms. The van der Waals surface area contributed by atoms with Crippen LogP contribution in [0.4, 0.5) is 5.69 Å². The Morgan fingerprint density at radius 2 is 1.63 bits per heavy atom. The van der Waals surface area contributed by atoms with Crippen LogP contribution in [0.3, 0.4) is 0 Å². The van der Waals surface area contributed by atoms with Crippen molar-refractivity contribution in [3.63, 3.8) is 0 Å². The average Bonchev–Trinajstić information content (AvgIpc) is 3.99. The Bertz CT molecular complexity index is 2610. The number of hydrogen-bond acceptors (Lipinski definition) is 15. The van der Waals surface area contributed by atoms with Crippen LogP contribution in [0.2, 0.25) is 0 Å². The van der Waals surface area contributed by atoms with E-state index in [2.05, 4.69) is 16.0 Å². The maximum Gasteiger partial charge on any atom is 0.344 e. The summed E-state index contributed by atoms with van der Waals surface area (Å²) in [5.74, 6) is -4.41. The Morgan fingerprint density at radius 3 is 2.28 bits per heavy atom. The lowest BCUT2D eigenvalue weighted by atomic mass is 9.47. The summed E-state index contributed by atoms with van der Waals surface area (Å²) in [6, 6.07) is 9.11. The molecule has 3 aromatic rings. The van der Waals surface area contributed by atoms with Crippen LogP contribution < -0.4 is 9.64 Å². The molecular weight excluding hydrogens is 861 g/mol. The minimum atomic E-state index is -2.38. The zero-order valence-corrected chi connectivity index (χ0v) is 39.8. The summed E-state index contributed by atoms with van der Waals surface area (Å²) < 4.78 is 35.0. The summed E-state index contributed by atoms with van der Waals surface area (Å²) in [6.07, 6.45) is 6.57. The fourth-order valence-corrected chi connectivity index (χ4v) is 14.1. The van der Waals surface area contributed by atoms with Crippen molar-refractivity contribution < 1.29 is 57.5 Å². The highest BCUT2D eigenvalue weighted by atomic mass is 16.6. The first-order chi connectivity index (χ1) is 32.1. The number of fused-ring (bicyclic) bond motifs is 6. The molecule has 1 spiro atoms. The number of likely N-dealkylation sites (N-methyl/N-ethyl adjacent to an activating group) is 1. The highest BCUT2D eigenvalue weighted by Gasteiger charge is 2.80. The summed E-state index contributed by atoms with van der Waals surface area (Å²) >= 11 is 0. The quantitative estimate of drug-likeness (QED) is 0.177. The lowest BCUT2D eigenvalue weighted by Gasteiger charge is -2.63. The Kier molecular flexibility index (Phi) is 11.6. The molecule has 11 atom stereocenters. The van der Waals surface area contributed by atoms with Crippen molar-refractivity contribution in [2.75, 3.05) is 73.7 Å². The van der Waals surface area contributed by atoms with Gasteiger partial charge in [-0.2, -0.15) is 0 Å². The summed E-state index contributed by atoms with van der Waals surface area (Å²) in [7, 11) is 8.58. The third-order valence-electron chi connectivity index (χ3n) is 16.5. The highest BCUT2D eigenvalue weighted by molar-refractivity contribution is 5.96. The van der Waals surface area contributed by atoms with E-state index in [4.69, 9.17) is 28.4 Å². The molecule has 1 aromatic heterocycles. The molecule has 2 N–H and O–H groups in total. The van der Waals surface area contributed by atoms with E-state index in [9.17, 15) is 24.3 Å². The Morgan fingerprint density at radius 1 is 0.896 bits per heavy atom. The predicted octanol–water partition coefficient (Wildman–Crippen LogP) is 4.13. The zero-order chi connectivity index (χ0) is 48.0. The van der Waals surface area contributed by atoms with Crippen molar-refractivity contribution in [1.29, 1.82) is 0 Å². The van der Waals surface area contributed by atoms with Crippen LogP contribution in [0.25, 0.3) is 10.9 Å². The van der Waals surface area contributed by atoms with Gasteiger partial charge >= 0.3 is 29.8 Å². The number of benzene rings is 2. The van der Waals surface area contributed by atoms with E-state index in [1.165, 1.54) is 35.4 Å². The normalized spacial score (nSPS) is 33.9. The molecule has 16 nitrogen and oxygen atoms in total. The van der Waals surface area contributed by atoms with Gasteiger partial charge in [-0.1, -0.05) is 55.8 Å². The molecule has 0 radical (unpaired) electrons. The Hall–Kier alpha value is -5.71. The molecule has 67 heavy (non-hydrogen) atoms. The van der Waals surface area contributed by atoms with Crippen LogP contribution >= 0.6 is 0 Å². The number of aromatic amines is 1. The van der Waals surface area contributed by atoms with Gasteiger partial charge in [0.1, 0.15) is 17.2 Å². The monoisotopic (exact) mass is 922 g/mol. The fraction of sp³-hybridized carbons (Fsp3) is 0.549. The molecule has 1 saturated carbocycles. The van der Waals surface area contributed by atoms with E-state index in [1.807, 2.05) is 79.2 Å². The van der Waals surface area contributed by atoms with Gasteiger partial charge in [-0.25, -0.2) is 4.79 Å². The van der Waals surface area contributed by atoms with Gasteiger partial charge < -0.3 is 43.4 Å². The van der Waals surface area contributed by atoms with Crippen molar-refractivity contribution in [3.8, 4) is 5.75 Å². The number of rotatable bonds is 9. The van der Waals surface area contributed by atoms with E-state index in [-0.39, 0.29) is 24.8 Å². The van der Waals surface area contributed by atoms with Gasteiger partial charge in [0.2, 0.25) is 5.60 Å². The van der Waals surface area contributed by atoms with Gasteiger partial charge in [-0.05, 0) is 67.8 Å².